The topological polar surface area (TPSA) is 104 Å². The summed E-state index contributed by atoms with van der Waals surface area (Å²) in [5.41, 5.74) is 4.98. The summed E-state index contributed by atoms with van der Waals surface area (Å²) in [6, 6.07) is -1.70. The fraction of sp³-hybridized carbons (Fsp3) is 0.778. The number of carbonyl (C=O) groups is 2. The van der Waals surface area contributed by atoms with Gasteiger partial charge in [-0.05, 0) is 25.4 Å². The molecule has 16 heavy (non-hydrogen) atoms. The van der Waals surface area contributed by atoms with E-state index in [0.29, 0.717) is 6.42 Å². The maximum Gasteiger partial charge on any atom is 0.312 e. The Morgan fingerprint density at radius 2 is 2.06 bits per heavy atom. The Kier molecular flexibility index (Phi) is 7.74. The van der Waals surface area contributed by atoms with Crippen LogP contribution in [0.2, 0.25) is 0 Å². The van der Waals surface area contributed by atoms with E-state index in [1.165, 1.54) is 0 Å². The molecule has 3 amide bonds. The largest absolute Gasteiger partial charge is 0.394 e. The Labute approximate surface area is 99.3 Å². The number of amides is 3. The van der Waals surface area contributed by atoms with E-state index < -0.39 is 12.1 Å². The molecule has 0 spiro atoms. The maximum atomic E-state index is 11.7. The van der Waals surface area contributed by atoms with Crippen LogP contribution >= 0.6 is 11.8 Å². The van der Waals surface area contributed by atoms with Crippen molar-refractivity contribution in [2.45, 2.75) is 25.4 Å². The molecule has 0 saturated carbocycles. The first-order valence-corrected chi connectivity index (χ1v) is 6.36. The first-order valence-electron chi connectivity index (χ1n) is 4.97. The minimum atomic E-state index is -0.724. The van der Waals surface area contributed by atoms with E-state index in [2.05, 4.69) is 10.6 Å². The van der Waals surface area contributed by atoms with E-state index in [4.69, 9.17) is 10.8 Å². The van der Waals surface area contributed by atoms with Gasteiger partial charge in [0.2, 0.25) is 5.91 Å². The van der Waals surface area contributed by atoms with Crippen LogP contribution in [0.15, 0.2) is 0 Å². The summed E-state index contributed by atoms with van der Waals surface area (Å²) < 4.78 is 0. The Bertz CT molecular complexity index is 238. The average molecular weight is 249 g/mol. The minimum Gasteiger partial charge on any atom is -0.394 e. The van der Waals surface area contributed by atoms with Gasteiger partial charge < -0.3 is 21.5 Å². The second-order valence-electron chi connectivity index (χ2n) is 3.43. The van der Waals surface area contributed by atoms with Crippen LogP contribution in [-0.2, 0) is 4.79 Å². The summed E-state index contributed by atoms with van der Waals surface area (Å²) in [5, 5.41) is 13.7. The third-order valence-electron chi connectivity index (χ3n) is 1.91. The summed E-state index contributed by atoms with van der Waals surface area (Å²) >= 11 is 1.58. The van der Waals surface area contributed by atoms with Gasteiger partial charge in [-0.2, -0.15) is 11.8 Å². The lowest BCUT2D eigenvalue weighted by molar-refractivity contribution is -0.123. The molecule has 0 saturated heterocycles. The van der Waals surface area contributed by atoms with Crippen molar-refractivity contribution >= 4 is 23.7 Å². The minimum absolute atomic E-state index is 0.141. The van der Waals surface area contributed by atoms with Crippen molar-refractivity contribution in [3.8, 4) is 0 Å². The van der Waals surface area contributed by atoms with Crippen LogP contribution in [0.4, 0.5) is 4.79 Å². The molecule has 0 rings (SSSR count). The molecule has 0 fully saturated rings. The van der Waals surface area contributed by atoms with Gasteiger partial charge in [-0.3, -0.25) is 4.79 Å². The number of carbonyl (C=O) groups excluding carboxylic acids is 2. The highest BCUT2D eigenvalue weighted by Gasteiger charge is 2.20. The van der Waals surface area contributed by atoms with Crippen LogP contribution < -0.4 is 16.4 Å². The lowest BCUT2D eigenvalue weighted by atomic mass is 10.2. The Hall–Kier alpha value is -0.950. The summed E-state index contributed by atoms with van der Waals surface area (Å²) in [6.45, 7) is 1.53. The molecule has 0 aliphatic heterocycles. The van der Waals surface area contributed by atoms with E-state index in [1.54, 1.807) is 18.7 Å². The van der Waals surface area contributed by atoms with Gasteiger partial charge >= 0.3 is 6.03 Å². The number of urea groups is 1. The number of nitrogens with one attached hydrogen (secondary N) is 2. The lowest BCUT2D eigenvalue weighted by Gasteiger charge is -2.19. The van der Waals surface area contributed by atoms with Gasteiger partial charge in [0.25, 0.3) is 0 Å². The van der Waals surface area contributed by atoms with E-state index in [-0.39, 0.29) is 18.6 Å². The molecular formula is C9H19N3O3S. The van der Waals surface area contributed by atoms with Crippen molar-refractivity contribution in [1.29, 1.82) is 0 Å². The van der Waals surface area contributed by atoms with E-state index in [1.807, 2.05) is 6.26 Å². The predicted octanol–water partition coefficient (Wildman–Crippen LogP) is -0.727. The van der Waals surface area contributed by atoms with Gasteiger partial charge in [0.05, 0.1) is 6.61 Å². The quantitative estimate of drug-likeness (QED) is 0.477. The molecule has 0 aromatic rings. The highest BCUT2D eigenvalue weighted by molar-refractivity contribution is 7.98. The van der Waals surface area contributed by atoms with Crippen LogP contribution in [0.5, 0.6) is 0 Å². The highest BCUT2D eigenvalue weighted by Crippen LogP contribution is 2.01. The van der Waals surface area contributed by atoms with Crippen LogP contribution in [0.25, 0.3) is 0 Å². The molecule has 0 aliphatic rings. The number of thioether (sulfide) groups is 1. The number of hydrogen-bond donors (Lipinski definition) is 4. The molecule has 0 aliphatic carbocycles. The standard InChI is InChI=1S/C9H19N3O3S/c1-6(5-13)11-8(14)7(3-4-16-2)12-9(10)15/h6-7,13H,3-5H2,1-2H3,(H,11,14)(H3,10,12,15). The monoisotopic (exact) mass is 249 g/mol. The molecule has 0 heterocycles. The average Bonchev–Trinajstić information content (AvgIpc) is 2.23. The van der Waals surface area contributed by atoms with Crippen LogP contribution in [0.3, 0.4) is 0 Å². The second kappa shape index (κ2) is 8.23. The molecule has 0 bridgehead atoms. The molecule has 2 unspecified atom stereocenters. The lowest BCUT2D eigenvalue weighted by Crippen LogP contribution is -2.51. The van der Waals surface area contributed by atoms with Gasteiger partial charge in [-0.25, -0.2) is 4.79 Å². The molecule has 0 radical (unpaired) electrons. The molecule has 6 nitrogen and oxygen atoms in total. The van der Waals surface area contributed by atoms with Crippen LogP contribution in [-0.4, -0.2) is 47.7 Å². The third kappa shape index (κ3) is 6.52. The Morgan fingerprint density at radius 3 is 2.50 bits per heavy atom. The molecule has 5 N–H and O–H groups in total. The summed E-state index contributed by atoms with van der Waals surface area (Å²) in [4.78, 5) is 22.4. The van der Waals surface area contributed by atoms with Crippen molar-refractivity contribution in [2.75, 3.05) is 18.6 Å². The molecule has 7 heteroatoms. The third-order valence-corrected chi connectivity index (χ3v) is 2.55. The van der Waals surface area contributed by atoms with Crippen molar-refractivity contribution in [1.82, 2.24) is 10.6 Å². The van der Waals surface area contributed by atoms with Gasteiger partial charge in [0.15, 0.2) is 0 Å². The molecular weight excluding hydrogens is 230 g/mol. The van der Waals surface area contributed by atoms with Crippen LogP contribution in [0.1, 0.15) is 13.3 Å². The number of aliphatic hydroxyl groups excluding tert-OH is 1. The molecule has 2 atom stereocenters. The molecule has 94 valence electrons. The van der Waals surface area contributed by atoms with Crippen molar-refractivity contribution in [2.24, 2.45) is 5.73 Å². The number of aliphatic hydroxyl groups is 1. The smallest absolute Gasteiger partial charge is 0.312 e. The highest BCUT2D eigenvalue weighted by atomic mass is 32.2. The first-order chi connectivity index (χ1) is 7.51. The number of primary amides is 1. The van der Waals surface area contributed by atoms with E-state index in [9.17, 15) is 9.59 Å². The summed E-state index contributed by atoms with van der Waals surface area (Å²) in [6.07, 6.45) is 2.42. The van der Waals surface area contributed by atoms with Crippen molar-refractivity contribution < 1.29 is 14.7 Å². The molecule has 0 aromatic carbocycles. The van der Waals surface area contributed by atoms with Gasteiger partial charge in [-0.1, -0.05) is 0 Å². The normalized spacial score (nSPS) is 13.9. The fourth-order valence-corrected chi connectivity index (χ4v) is 1.54. The predicted molar refractivity (Wildman–Crippen MR) is 64.2 cm³/mol. The van der Waals surface area contributed by atoms with Gasteiger partial charge in [-0.15, -0.1) is 0 Å². The Morgan fingerprint density at radius 1 is 1.44 bits per heavy atom. The molecule has 0 aromatic heterocycles. The SMILES string of the molecule is CSCCC(NC(N)=O)C(=O)NC(C)CO. The zero-order chi connectivity index (χ0) is 12.6. The zero-order valence-electron chi connectivity index (χ0n) is 9.53. The zero-order valence-corrected chi connectivity index (χ0v) is 10.3. The Balaban J connectivity index is 4.25. The van der Waals surface area contributed by atoms with E-state index >= 15 is 0 Å². The van der Waals surface area contributed by atoms with Crippen molar-refractivity contribution in [3.63, 3.8) is 0 Å². The van der Waals surface area contributed by atoms with E-state index in [0.717, 1.165) is 5.75 Å². The first kappa shape index (κ1) is 15.0. The number of nitrogens with two attached hydrogens (primary N) is 1. The van der Waals surface area contributed by atoms with Crippen LogP contribution in [0, 0.1) is 0 Å². The second-order valence-corrected chi connectivity index (χ2v) is 4.42. The van der Waals surface area contributed by atoms with Gasteiger partial charge in [0.1, 0.15) is 6.04 Å². The number of hydrogen-bond acceptors (Lipinski definition) is 4. The van der Waals surface area contributed by atoms with Crippen molar-refractivity contribution in [3.05, 3.63) is 0 Å². The summed E-state index contributed by atoms with van der Waals surface area (Å²) in [5.74, 6) is 0.417. The maximum absolute atomic E-state index is 11.7. The van der Waals surface area contributed by atoms with Gasteiger partial charge in [0, 0.05) is 6.04 Å². The fourth-order valence-electron chi connectivity index (χ4n) is 1.07. The summed E-state index contributed by atoms with van der Waals surface area (Å²) in [7, 11) is 0. The number of rotatable bonds is 7.